The van der Waals surface area contributed by atoms with Crippen molar-refractivity contribution in [3.05, 3.63) is 83.7 Å². The Bertz CT molecular complexity index is 1090. The van der Waals surface area contributed by atoms with Gasteiger partial charge in [0.1, 0.15) is 18.0 Å². The lowest BCUT2D eigenvalue weighted by atomic mass is 10.1. The fourth-order valence-electron chi connectivity index (χ4n) is 3.82. The maximum atomic E-state index is 13.5. The van der Waals surface area contributed by atoms with Crippen molar-refractivity contribution in [2.24, 2.45) is 7.05 Å². The summed E-state index contributed by atoms with van der Waals surface area (Å²) in [7, 11) is 5.04. The molecule has 3 rings (SSSR count). The summed E-state index contributed by atoms with van der Waals surface area (Å²) in [6, 6.07) is 18.9. The van der Waals surface area contributed by atoms with E-state index < -0.39 is 0 Å². The topological polar surface area (TPSA) is 64.0 Å². The third-order valence-electron chi connectivity index (χ3n) is 5.72. The van der Waals surface area contributed by atoms with Crippen LogP contribution >= 0.6 is 0 Å². The number of methoxy groups -OCH3 is 2. The number of benzene rings is 2. The van der Waals surface area contributed by atoms with E-state index in [1.807, 2.05) is 67.2 Å². The fourth-order valence-corrected chi connectivity index (χ4v) is 3.82. The van der Waals surface area contributed by atoms with E-state index in [1.54, 1.807) is 35.1 Å². The molecule has 0 saturated heterocycles. The van der Waals surface area contributed by atoms with Gasteiger partial charge >= 0.3 is 0 Å². The first-order valence-electron chi connectivity index (χ1n) is 11.4. The van der Waals surface area contributed by atoms with Gasteiger partial charge in [0, 0.05) is 38.1 Å². The molecule has 0 aliphatic heterocycles. The predicted octanol–water partition coefficient (Wildman–Crippen LogP) is 4.12. The molecule has 0 atom stereocenters. The van der Waals surface area contributed by atoms with E-state index in [0.29, 0.717) is 36.7 Å². The molecule has 0 N–H and O–H groups in total. The van der Waals surface area contributed by atoms with Crippen LogP contribution in [0.1, 0.15) is 35.0 Å². The first-order chi connectivity index (χ1) is 16.5. The monoisotopic (exact) mass is 463 g/mol. The maximum absolute atomic E-state index is 13.5. The van der Waals surface area contributed by atoms with Crippen molar-refractivity contribution in [1.82, 2.24) is 14.4 Å². The van der Waals surface area contributed by atoms with E-state index in [0.717, 1.165) is 17.7 Å². The zero-order valence-corrected chi connectivity index (χ0v) is 20.4. The number of rotatable bonds is 11. The van der Waals surface area contributed by atoms with Gasteiger partial charge in [-0.15, -0.1) is 0 Å². The number of nitrogens with zero attached hydrogens (tertiary/aromatic N) is 3. The van der Waals surface area contributed by atoms with Gasteiger partial charge in [0.25, 0.3) is 5.91 Å². The number of aromatic nitrogens is 1. The molecule has 0 saturated carbocycles. The highest BCUT2D eigenvalue weighted by atomic mass is 16.5. The van der Waals surface area contributed by atoms with Crippen LogP contribution in [0.25, 0.3) is 0 Å². The lowest BCUT2D eigenvalue weighted by molar-refractivity contribution is -0.133. The van der Waals surface area contributed by atoms with E-state index >= 15 is 0 Å². The van der Waals surface area contributed by atoms with E-state index in [1.165, 1.54) is 7.11 Å². The molecule has 3 aromatic rings. The minimum atomic E-state index is -0.242. The van der Waals surface area contributed by atoms with Crippen molar-refractivity contribution in [1.29, 1.82) is 0 Å². The summed E-state index contributed by atoms with van der Waals surface area (Å²) in [5.41, 5.74) is 2.46. The molecule has 0 aliphatic carbocycles. The summed E-state index contributed by atoms with van der Waals surface area (Å²) in [5.74, 6) is 0.665. The molecule has 0 bridgehead atoms. The molecule has 0 fully saturated rings. The van der Waals surface area contributed by atoms with Gasteiger partial charge in [0.15, 0.2) is 0 Å². The first-order valence-corrected chi connectivity index (χ1v) is 11.4. The number of carbonyl (C=O) groups is 2. The van der Waals surface area contributed by atoms with E-state index in [4.69, 9.17) is 9.47 Å². The molecule has 0 spiro atoms. The van der Waals surface area contributed by atoms with Crippen molar-refractivity contribution in [2.45, 2.75) is 26.4 Å². The second-order valence-electron chi connectivity index (χ2n) is 8.14. The van der Waals surface area contributed by atoms with E-state index in [9.17, 15) is 9.59 Å². The molecule has 1 aromatic heterocycles. The highest BCUT2D eigenvalue weighted by Crippen LogP contribution is 2.26. The predicted molar refractivity (Wildman–Crippen MR) is 132 cm³/mol. The standard InChI is InChI=1S/C27H33N3O4/c1-5-15-29(27(32)24-14-13-23(33-3)17-25(24)34-4)20-26(31)30(18-21-10-7-6-8-11-21)19-22-12-9-16-28(22)2/h6-14,16-17H,5,15,18-20H2,1-4H3. The number of carbonyl (C=O) groups excluding carboxylic acids is 2. The van der Waals surface area contributed by atoms with Crippen LogP contribution in [0.15, 0.2) is 66.9 Å². The van der Waals surface area contributed by atoms with Crippen LogP contribution in [0.4, 0.5) is 0 Å². The molecule has 2 aromatic carbocycles. The fraction of sp³-hybridized carbons (Fsp3) is 0.333. The summed E-state index contributed by atoms with van der Waals surface area (Å²) < 4.78 is 12.7. The Morgan fingerprint density at radius 3 is 2.29 bits per heavy atom. The van der Waals surface area contributed by atoms with Crippen LogP contribution in [0.5, 0.6) is 11.5 Å². The summed E-state index contributed by atoms with van der Waals surface area (Å²) in [6.07, 6.45) is 2.69. The Hall–Kier alpha value is -3.74. The minimum Gasteiger partial charge on any atom is -0.497 e. The highest BCUT2D eigenvalue weighted by molar-refractivity contribution is 5.99. The van der Waals surface area contributed by atoms with Gasteiger partial charge in [-0.25, -0.2) is 0 Å². The smallest absolute Gasteiger partial charge is 0.258 e. The second kappa shape index (κ2) is 11.9. The molecule has 2 amide bonds. The van der Waals surface area contributed by atoms with Crippen LogP contribution in [0.2, 0.25) is 0 Å². The zero-order chi connectivity index (χ0) is 24.5. The van der Waals surface area contributed by atoms with E-state index in [-0.39, 0.29) is 18.4 Å². The Morgan fingerprint density at radius 2 is 1.68 bits per heavy atom. The molecule has 7 heteroatoms. The van der Waals surface area contributed by atoms with Crippen molar-refractivity contribution >= 4 is 11.8 Å². The average molecular weight is 464 g/mol. The second-order valence-corrected chi connectivity index (χ2v) is 8.14. The normalized spacial score (nSPS) is 10.6. The van der Waals surface area contributed by atoms with Crippen LogP contribution < -0.4 is 9.47 Å². The largest absolute Gasteiger partial charge is 0.497 e. The number of hydrogen-bond donors (Lipinski definition) is 0. The average Bonchev–Trinajstić information content (AvgIpc) is 3.27. The summed E-state index contributed by atoms with van der Waals surface area (Å²) in [6.45, 7) is 3.35. The Kier molecular flexibility index (Phi) is 8.73. The van der Waals surface area contributed by atoms with Gasteiger partial charge in [0.2, 0.25) is 5.91 Å². The van der Waals surface area contributed by atoms with Crippen molar-refractivity contribution < 1.29 is 19.1 Å². The summed E-state index contributed by atoms with van der Waals surface area (Å²) in [5, 5.41) is 0. The van der Waals surface area contributed by atoms with E-state index in [2.05, 4.69) is 0 Å². The van der Waals surface area contributed by atoms with Gasteiger partial charge in [0.05, 0.1) is 26.3 Å². The molecule has 180 valence electrons. The third kappa shape index (κ3) is 6.19. The SMILES string of the molecule is CCCN(CC(=O)N(Cc1ccccc1)Cc1cccn1C)C(=O)c1ccc(OC)cc1OC. The third-order valence-corrected chi connectivity index (χ3v) is 5.72. The molecule has 0 aliphatic rings. The van der Waals surface area contributed by atoms with Crippen LogP contribution in [0.3, 0.4) is 0 Å². The quantitative estimate of drug-likeness (QED) is 0.429. The lowest BCUT2D eigenvalue weighted by Crippen LogP contribution is -2.43. The molecule has 34 heavy (non-hydrogen) atoms. The first kappa shape index (κ1) is 24.9. The molecular formula is C27H33N3O4. The highest BCUT2D eigenvalue weighted by Gasteiger charge is 2.25. The Labute approximate surface area is 201 Å². The number of aryl methyl sites for hydroxylation is 1. The van der Waals surface area contributed by atoms with Gasteiger partial charge in [-0.1, -0.05) is 37.3 Å². The minimum absolute atomic E-state index is 0.0148. The van der Waals surface area contributed by atoms with Crippen LogP contribution in [0, 0.1) is 0 Å². The molecule has 0 unspecified atom stereocenters. The molecule has 7 nitrogen and oxygen atoms in total. The Morgan fingerprint density at radius 1 is 0.912 bits per heavy atom. The molecule has 1 heterocycles. The molecule has 0 radical (unpaired) electrons. The summed E-state index contributed by atoms with van der Waals surface area (Å²) in [4.78, 5) is 30.4. The maximum Gasteiger partial charge on any atom is 0.258 e. The lowest BCUT2D eigenvalue weighted by Gasteiger charge is -2.28. The van der Waals surface area contributed by atoms with Crippen molar-refractivity contribution in [2.75, 3.05) is 27.3 Å². The summed E-state index contributed by atoms with van der Waals surface area (Å²) >= 11 is 0. The number of ether oxygens (including phenoxy) is 2. The molecular weight excluding hydrogens is 430 g/mol. The Balaban J connectivity index is 1.84. The van der Waals surface area contributed by atoms with Gasteiger partial charge in [-0.3, -0.25) is 9.59 Å². The van der Waals surface area contributed by atoms with Crippen LogP contribution in [-0.2, 0) is 24.9 Å². The number of hydrogen-bond acceptors (Lipinski definition) is 4. The van der Waals surface area contributed by atoms with Gasteiger partial charge in [-0.2, -0.15) is 0 Å². The van der Waals surface area contributed by atoms with Gasteiger partial charge in [-0.05, 0) is 36.2 Å². The van der Waals surface area contributed by atoms with Gasteiger partial charge < -0.3 is 23.8 Å². The van der Waals surface area contributed by atoms with Crippen LogP contribution in [-0.4, -0.2) is 53.5 Å². The number of amides is 2. The van der Waals surface area contributed by atoms with Crippen molar-refractivity contribution in [3.63, 3.8) is 0 Å². The zero-order valence-electron chi connectivity index (χ0n) is 20.4. The van der Waals surface area contributed by atoms with Crippen molar-refractivity contribution in [3.8, 4) is 11.5 Å².